The fourth-order valence-corrected chi connectivity index (χ4v) is 5.61. The van der Waals surface area contributed by atoms with Gasteiger partial charge in [-0.05, 0) is 38.0 Å². The van der Waals surface area contributed by atoms with Crippen LogP contribution in [0.4, 0.5) is 17.6 Å². The molecule has 0 bridgehead atoms. The Hall–Kier alpha value is -2.97. The molecule has 0 radical (unpaired) electrons. The van der Waals surface area contributed by atoms with Gasteiger partial charge in [0, 0.05) is 17.8 Å². The summed E-state index contributed by atoms with van der Waals surface area (Å²) in [6, 6.07) is 4.15. The molecular weight excluding hydrogens is 472 g/mol. The van der Waals surface area contributed by atoms with Gasteiger partial charge in [0.2, 0.25) is 10.0 Å². The number of alkyl halides is 2. The number of benzene rings is 1. The van der Waals surface area contributed by atoms with Crippen LogP contribution < -0.4 is 4.72 Å². The molecule has 34 heavy (non-hydrogen) atoms. The number of nitriles is 1. The number of nitrogens with zero attached hydrogens (tertiary/aromatic N) is 3. The molecular formula is C23H22F4N4O2S. The number of fused-ring (bicyclic) bond motifs is 1. The van der Waals surface area contributed by atoms with E-state index in [4.69, 9.17) is 0 Å². The lowest BCUT2D eigenvalue weighted by Gasteiger charge is -2.18. The Morgan fingerprint density at radius 2 is 1.91 bits per heavy atom. The van der Waals surface area contributed by atoms with Gasteiger partial charge in [0.1, 0.15) is 35.9 Å². The van der Waals surface area contributed by atoms with Crippen LogP contribution in [0.1, 0.15) is 42.9 Å². The van der Waals surface area contributed by atoms with E-state index in [-0.39, 0.29) is 44.4 Å². The second kappa shape index (κ2) is 9.35. The van der Waals surface area contributed by atoms with E-state index in [1.54, 1.807) is 4.57 Å². The molecule has 4 rings (SSSR count). The number of nitrogens with one attached hydrogen (secondary N) is 1. The molecule has 1 N–H and O–H groups in total. The summed E-state index contributed by atoms with van der Waals surface area (Å²) < 4.78 is 83.7. The van der Waals surface area contributed by atoms with Gasteiger partial charge >= 0.3 is 0 Å². The maximum atomic E-state index is 15.1. The monoisotopic (exact) mass is 494 g/mol. The average Bonchev–Trinajstić information content (AvgIpc) is 3.47. The van der Waals surface area contributed by atoms with Gasteiger partial charge in [0.05, 0.1) is 33.9 Å². The van der Waals surface area contributed by atoms with Crippen molar-refractivity contribution in [2.45, 2.75) is 49.6 Å². The normalized spacial score (nSPS) is 14.9. The third-order valence-electron chi connectivity index (χ3n) is 6.20. The predicted octanol–water partition coefficient (Wildman–Crippen LogP) is 4.86. The van der Waals surface area contributed by atoms with E-state index in [1.807, 2.05) is 10.8 Å². The van der Waals surface area contributed by atoms with Crippen LogP contribution in [0.15, 0.2) is 29.3 Å². The summed E-state index contributed by atoms with van der Waals surface area (Å²) in [4.78, 5) is 3.87. The Kier molecular flexibility index (Phi) is 6.64. The molecule has 0 atom stereocenters. The van der Waals surface area contributed by atoms with Crippen LogP contribution in [-0.2, 0) is 10.0 Å². The molecule has 0 amide bonds. The number of hydrogen-bond acceptors (Lipinski definition) is 4. The fourth-order valence-electron chi connectivity index (χ4n) is 4.47. The smallest absolute Gasteiger partial charge is 0.242 e. The lowest BCUT2D eigenvalue weighted by atomic mass is 10.1. The third-order valence-corrected chi connectivity index (χ3v) is 7.70. The highest BCUT2D eigenvalue weighted by Gasteiger charge is 2.30. The molecule has 0 aliphatic heterocycles. The molecule has 1 aliphatic rings. The second-order valence-corrected chi connectivity index (χ2v) is 10.1. The molecule has 0 saturated heterocycles. The number of rotatable bonds is 7. The van der Waals surface area contributed by atoms with Crippen LogP contribution in [0.3, 0.4) is 0 Å². The summed E-state index contributed by atoms with van der Waals surface area (Å²) in [5, 5.41) is 9.92. The Morgan fingerprint density at radius 1 is 1.24 bits per heavy atom. The van der Waals surface area contributed by atoms with Crippen molar-refractivity contribution >= 4 is 20.9 Å². The highest BCUT2D eigenvalue weighted by atomic mass is 32.2. The molecule has 11 heteroatoms. The van der Waals surface area contributed by atoms with Gasteiger partial charge in [-0.2, -0.15) is 5.26 Å². The van der Waals surface area contributed by atoms with Gasteiger partial charge in [-0.1, -0.05) is 12.8 Å². The first kappa shape index (κ1) is 24.2. The molecule has 1 saturated carbocycles. The van der Waals surface area contributed by atoms with Crippen LogP contribution in [0, 0.1) is 29.9 Å². The summed E-state index contributed by atoms with van der Waals surface area (Å²) >= 11 is 0. The lowest BCUT2D eigenvalue weighted by Crippen LogP contribution is -2.37. The van der Waals surface area contributed by atoms with Crippen molar-refractivity contribution in [1.29, 1.82) is 5.26 Å². The second-order valence-electron chi connectivity index (χ2n) is 8.34. The molecule has 6 nitrogen and oxygen atoms in total. The minimum Gasteiger partial charge on any atom is -0.335 e. The minimum absolute atomic E-state index is 0.00259. The van der Waals surface area contributed by atoms with Gasteiger partial charge in [0.25, 0.3) is 0 Å². The first-order valence-corrected chi connectivity index (χ1v) is 12.2. The van der Waals surface area contributed by atoms with Crippen molar-refractivity contribution in [2.75, 3.05) is 13.3 Å². The Balaban J connectivity index is 1.90. The van der Waals surface area contributed by atoms with E-state index >= 15 is 4.39 Å². The van der Waals surface area contributed by atoms with Gasteiger partial charge in [-0.25, -0.2) is 30.7 Å². The molecule has 1 aliphatic carbocycles. The van der Waals surface area contributed by atoms with Crippen molar-refractivity contribution < 1.29 is 26.0 Å². The van der Waals surface area contributed by atoms with Crippen molar-refractivity contribution in [3.63, 3.8) is 0 Å². The van der Waals surface area contributed by atoms with E-state index in [0.29, 0.717) is 0 Å². The van der Waals surface area contributed by atoms with Crippen molar-refractivity contribution in [3.05, 3.63) is 47.2 Å². The van der Waals surface area contributed by atoms with Gasteiger partial charge in [-0.3, -0.25) is 4.98 Å². The number of hydrogen-bond donors (Lipinski definition) is 1. The SMILES string of the molecule is Cc1c(F)cc2c(c1F)c(C#N)c(-c1ccc(S(=O)(=O)NC(CF)CF)cn1)n2C1CCCC1. The zero-order valence-electron chi connectivity index (χ0n) is 18.3. The quantitative estimate of drug-likeness (QED) is 0.475. The van der Waals surface area contributed by atoms with Crippen molar-refractivity contribution in [2.24, 2.45) is 0 Å². The molecule has 180 valence electrons. The number of pyridine rings is 1. The van der Waals surface area contributed by atoms with Crippen LogP contribution in [0.25, 0.3) is 22.3 Å². The highest BCUT2D eigenvalue weighted by molar-refractivity contribution is 7.89. The van der Waals surface area contributed by atoms with Crippen LogP contribution in [-0.4, -0.2) is 37.4 Å². The Morgan fingerprint density at radius 3 is 2.47 bits per heavy atom. The lowest BCUT2D eigenvalue weighted by molar-refractivity contribution is 0.334. The molecule has 3 aromatic rings. The molecule has 1 aromatic carbocycles. The van der Waals surface area contributed by atoms with E-state index in [9.17, 15) is 26.9 Å². The Bertz CT molecular complexity index is 1370. The van der Waals surface area contributed by atoms with Gasteiger partial charge < -0.3 is 4.57 Å². The molecule has 2 aromatic heterocycles. The average molecular weight is 495 g/mol. The molecule has 1 fully saturated rings. The van der Waals surface area contributed by atoms with E-state index in [2.05, 4.69) is 4.98 Å². The number of sulfonamides is 1. The molecule has 0 unspecified atom stereocenters. The predicted molar refractivity (Wildman–Crippen MR) is 118 cm³/mol. The minimum atomic E-state index is -4.24. The first-order valence-electron chi connectivity index (χ1n) is 10.8. The summed E-state index contributed by atoms with van der Waals surface area (Å²) in [5.74, 6) is -1.55. The van der Waals surface area contributed by atoms with E-state index in [0.717, 1.165) is 31.9 Å². The van der Waals surface area contributed by atoms with Crippen molar-refractivity contribution in [3.8, 4) is 17.5 Å². The maximum absolute atomic E-state index is 15.1. The molecule has 0 spiro atoms. The topological polar surface area (TPSA) is 87.8 Å². The van der Waals surface area contributed by atoms with E-state index < -0.39 is 41.0 Å². The van der Waals surface area contributed by atoms with E-state index in [1.165, 1.54) is 25.1 Å². The third kappa shape index (κ3) is 4.05. The van der Waals surface area contributed by atoms with Crippen LogP contribution >= 0.6 is 0 Å². The maximum Gasteiger partial charge on any atom is 0.242 e. The van der Waals surface area contributed by atoms with Crippen LogP contribution in [0.2, 0.25) is 0 Å². The van der Waals surface area contributed by atoms with Gasteiger partial charge in [0.15, 0.2) is 0 Å². The summed E-state index contributed by atoms with van der Waals surface area (Å²) in [6.45, 7) is -1.13. The zero-order valence-corrected chi connectivity index (χ0v) is 19.1. The number of halogens is 4. The summed E-state index contributed by atoms with van der Waals surface area (Å²) in [6.07, 6.45) is 4.35. The number of aromatic nitrogens is 2. The summed E-state index contributed by atoms with van der Waals surface area (Å²) in [7, 11) is -4.24. The molecule has 2 heterocycles. The van der Waals surface area contributed by atoms with Crippen LogP contribution in [0.5, 0.6) is 0 Å². The Labute approximate surface area is 194 Å². The summed E-state index contributed by atoms with van der Waals surface area (Å²) in [5.41, 5.74) is 0.501. The van der Waals surface area contributed by atoms with Gasteiger partial charge in [-0.15, -0.1) is 0 Å². The first-order chi connectivity index (χ1) is 16.2. The standard InChI is InChI=1S/C23H22F4N4O2S/c1-13-18(26)8-20-21(22(13)27)17(11-28)23(31(20)15-4-2-3-5-15)19-7-6-16(12-29-19)34(32,33)30-14(9-24)10-25/h6-8,12,14-15,30H,2-5,9-10H2,1H3. The zero-order chi connectivity index (χ0) is 24.6. The van der Waals surface area contributed by atoms with Crippen molar-refractivity contribution in [1.82, 2.24) is 14.3 Å². The highest BCUT2D eigenvalue weighted by Crippen LogP contribution is 2.42. The largest absolute Gasteiger partial charge is 0.335 e. The fraction of sp³-hybridized carbons (Fsp3) is 0.391.